The normalized spacial score (nSPS) is 11.2. The van der Waals surface area contributed by atoms with Gasteiger partial charge in [0.25, 0.3) is 0 Å². The lowest BCUT2D eigenvalue weighted by atomic mass is 10.1. The van der Waals surface area contributed by atoms with Gasteiger partial charge < -0.3 is 5.11 Å². The maximum atomic E-state index is 14.2. The minimum Gasteiger partial charge on any atom is -0.481 e. The number of carbonyl (C=O) groups is 2. The molecular formula is C26H17ClFN3O3. The minimum atomic E-state index is -1.06. The van der Waals surface area contributed by atoms with Gasteiger partial charge in [-0.25, -0.2) is 14.4 Å². The van der Waals surface area contributed by atoms with Crippen LogP contribution in [0.5, 0.6) is 0 Å². The summed E-state index contributed by atoms with van der Waals surface area (Å²) in [6.45, 7) is 0. The van der Waals surface area contributed by atoms with E-state index in [-0.39, 0.29) is 30.1 Å². The third-order valence-corrected chi connectivity index (χ3v) is 5.78. The van der Waals surface area contributed by atoms with Gasteiger partial charge in [-0.2, -0.15) is 0 Å². The van der Waals surface area contributed by atoms with Crippen molar-refractivity contribution >= 4 is 45.2 Å². The lowest BCUT2D eigenvalue weighted by Crippen LogP contribution is -2.04. The van der Waals surface area contributed by atoms with Crippen LogP contribution in [-0.4, -0.2) is 31.4 Å². The van der Waals surface area contributed by atoms with Crippen LogP contribution in [0.1, 0.15) is 23.2 Å². The molecule has 0 atom stereocenters. The third-order valence-electron chi connectivity index (χ3n) is 5.54. The molecule has 0 spiro atoms. The summed E-state index contributed by atoms with van der Waals surface area (Å²) in [4.78, 5) is 33.2. The number of Topliss-reactive ketones (excluding diaryl/α,β-unsaturated/α-hetero) is 1. The van der Waals surface area contributed by atoms with E-state index < -0.39 is 11.8 Å². The summed E-state index contributed by atoms with van der Waals surface area (Å²) in [6.07, 6.45) is 1.08. The number of rotatable bonds is 6. The molecule has 168 valence electrons. The number of halogens is 2. The Hall–Kier alpha value is -4.10. The molecule has 0 unspecified atom stereocenters. The van der Waals surface area contributed by atoms with E-state index in [1.54, 1.807) is 29.0 Å². The SMILES string of the molecule is O=C(O)CCC(=O)c1cn(-c2nc(-c3ccccc3)c3cc(Cl)ccc3n2)c2cc(F)ccc12. The van der Waals surface area contributed by atoms with Crippen molar-refractivity contribution in [3.63, 3.8) is 0 Å². The maximum absolute atomic E-state index is 14.2. The van der Waals surface area contributed by atoms with E-state index in [0.717, 1.165) is 10.9 Å². The molecule has 0 radical (unpaired) electrons. The molecule has 0 bridgehead atoms. The number of fused-ring (bicyclic) bond motifs is 2. The molecule has 5 aromatic rings. The second kappa shape index (κ2) is 8.68. The van der Waals surface area contributed by atoms with Gasteiger partial charge in [0, 0.05) is 39.5 Å². The van der Waals surface area contributed by atoms with Crippen molar-refractivity contribution in [2.75, 3.05) is 0 Å². The van der Waals surface area contributed by atoms with Crippen LogP contribution in [0.2, 0.25) is 5.02 Å². The molecule has 0 fully saturated rings. The molecule has 34 heavy (non-hydrogen) atoms. The first-order valence-electron chi connectivity index (χ1n) is 10.5. The van der Waals surface area contributed by atoms with Crippen molar-refractivity contribution in [3.8, 4) is 17.2 Å². The largest absolute Gasteiger partial charge is 0.481 e. The first kappa shape index (κ1) is 21.7. The number of aromatic nitrogens is 3. The summed E-state index contributed by atoms with van der Waals surface area (Å²) >= 11 is 6.24. The van der Waals surface area contributed by atoms with Crippen LogP contribution in [0.4, 0.5) is 4.39 Å². The van der Waals surface area contributed by atoms with Crippen molar-refractivity contribution in [3.05, 3.63) is 89.3 Å². The average molecular weight is 474 g/mol. The minimum absolute atomic E-state index is 0.168. The zero-order chi connectivity index (χ0) is 23.8. The molecule has 0 saturated heterocycles. The number of carbonyl (C=O) groups excluding carboxylic acids is 1. The number of benzene rings is 3. The van der Waals surface area contributed by atoms with Crippen molar-refractivity contribution in [1.82, 2.24) is 14.5 Å². The first-order valence-corrected chi connectivity index (χ1v) is 10.9. The summed E-state index contributed by atoms with van der Waals surface area (Å²) in [5.41, 5.74) is 2.81. The number of carboxylic acid groups (broad SMARTS) is 1. The van der Waals surface area contributed by atoms with Crippen molar-refractivity contribution in [2.45, 2.75) is 12.8 Å². The second-order valence-corrected chi connectivity index (χ2v) is 8.23. The molecule has 3 aromatic carbocycles. The molecule has 1 N–H and O–H groups in total. The van der Waals surface area contributed by atoms with Gasteiger partial charge in [0.1, 0.15) is 5.82 Å². The zero-order valence-corrected chi connectivity index (χ0v) is 18.5. The van der Waals surface area contributed by atoms with E-state index in [9.17, 15) is 14.0 Å². The van der Waals surface area contributed by atoms with Gasteiger partial charge in [0.2, 0.25) is 5.95 Å². The molecule has 0 aliphatic heterocycles. The standard InChI is InChI=1S/C26H17ClFN3O3/c27-16-6-9-21-19(12-16)25(15-4-2-1-3-5-15)30-26(29-21)31-14-20(23(32)10-11-24(33)34)18-8-7-17(28)13-22(18)31/h1-9,12-14H,10-11H2,(H,33,34). The summed E-state index contributed by atoms with van der Waals surface area (Å²) in [5.74, 6) is -1.64. The molecule has 2 heterocycles. The Kier molecular flexibility index (Phi) is 5.55. The molecular weight excluding hydrogens is 457 g/mol. The first-order chi connectivity index (χ1) is 16.4. The Labute approximate surface area is 198 Å². The van der Waals surface area contributed by atoms with Crippen LogP contribution < -0.4 is 0 Å². The lowest BCUT2D eigenvalue weighted by molar-refractivity contribution is -0.136. The zero-order valence-electron chi connectivity index (χ0n) is 17.7. The van der Waals surface area contributed by atoms with Gasteiger partial charge in [-0.05, 0) is 36.4 Å². The van der Waals surface area contributed by atoms with Crippen LogP contribution in [0.25, 0.3) is 39.0 Å². The number of ketones is 1. The number of carboxylic acids is 1. The van der Waals surface area contributed by atoms with Gasteiger partial charge in [-0.1, -0.05) is 41.9 Å². The van der Waals surface area contributed by atoms with Crippen LogP contribution in [-0.2, 0) is 4.79 Å². The fourth-order valence-corrected chi connectivity index (χ4v) is 4.13. The predicted octanol–water partition coefficient (Wildman–Crippen LogP) is 6.08. The quantitative estimate of drug-likeness (QED) is 0.302. The molecule has 2 aromatic heterocycles. The van der Waals surface area contributed by atoms with Crippen LogP contribution in [0.3, 0.4) is 0 Å². The number of aliphatic carboxylic acids is 1. The number of hydrogen-bond donors (Lipinski definition) is 1. The van der Waals surface area contributed by atoms with E-state index in [2.05, 4.69) is 4.98 Å². The molecule has 5 rings (SSSR count). The predicted molar refractivity (Wildman–Crippen MR) is 128 cm³/mol. The fourth-order valence-electron chi connectivity index (χ4n) is 3.96. The summed E-state index contributed by atoms with van der Waals surface area (Å²) in [6, 6.07) is 18.9. The van der Waals surface area contributed by atoms with Gasteiger partial charge in [-0.15, -0.1) is 0 Å². The van der Waals surface area contributed by atoms with Crippen LogP contribution >= 0.6 is 11.6 Å². The average Bonchev–Trinajstić information content (AvgIpc) is 3.21. The Bertz CT molecular complexity index is 1580. The van der Waals surface area contributed by atoms with Gasteiger partial charge in [0.05, 0.1) is 23.1 Å². The molecule has 8 heteroatoms. The van der Waals surface area contributed by atoms with Crippen molar-refractivity contribution in [2.24, 2.45) is 0 Å². The van der Waals surface area contributed by atoms with E-state index in [4.69, 9.17) is 21.7 Å². The van der Waals surface area contributed by atoms with E-state index in [1.165, 1.54) is 18.2 Å². The monoisotopic (exact) mass is 473 g/mol. The summed E-state index contributed by atoms with van der Waals surface area (Å²) in [5, 5.41) is 10.8. The fraction of sp³-hybridized carbons (Fsp3) is 0.0769. The van der Waals surface area contributed by atoms with E-state index in [1.807, 2.05) is 30.3 Å². The topological polar surface area (TPSA) is 85.1 Å². The Morgan fingerprint density at radius 3 is 2.50 bits per heavy atom. The Balaban J connectivity index is 1.75. The summed E-state index contributed by atoms with van der Waals surface area (Å²) < 4.78 is 15.8. The molecule has 0 amide bonds. The highest BCUT2D eigenvalue weighted by Gasteiger charge is 2.20. The Morgan fingerprint density at radius 2 is 1.74 bits per heavy atom. The Morgan fingerprint density at radius 1 is 0.941 bits per heavy atom. The van der Waals surface area contributed by atoms with Gasteiger partial charge >= 0.3 is 5.97 Å². The summed E-state index contributed by atoms with van der Waals surface area (Å²) in [7, 11) is 0. The third kappa shape index (κ3) is 4.02. The van der Waals surface area contributed by atoms with Gasteiger partial charge in [0.15, 0.2) is 5.78 Å². The van der Waals surface area contributed by atoms with E-state index >= 15 is 0 Å². The molecule has 0 aliphatic rings. The highest BCUT2D eigenvalue weighted by Crippen LogP contribution is 2.31. The second-order valence-electron chi connectivity index (χ2n) is 7.79. The highest BCUT2D eigenvalue weighted by molar-refractivity contribution is 6.31. The van der Waals surface area contributed by atoms with Crippen LogP contribution in [0, 0.1) is 5.82 Å². The lowest BCUT2D eigenvalue weighted by Gasteiger charge is -2.11. The maximum Gasteiger partial charge on any atom is 0.303 e. The van der Waals surface area contributed by atoms with Crippen molar-refractivity contribution in [1.29, 1.82) is 0 Å². The molecule has 6 nitrogen and oxygen atoms in total. The van der Waals surface area contributed by atoms with Gasteiger partial charge in [-0.3, -0.25) is 14.2 Å². The smallest absolute Gasteiger partial charge is 0.303 e. The van der Waals surface area contributed by atoms with Crippen molar-refractivity contribution < 1.29 is 19.1 Å². The molecule has 0 aliphatic carbocycles. The van der Waals surface area contributed by atoms with Crippen LogP contribution in [0.15, 0.2) is 72.9 Å². The highest BCUT2D eigenvalue weighted by atomic mass is 35.5. The number of nitrogens with zero attached hydrogens (tertiary/aromatic N) is 3. The molecule has 0 saturated carbocycles. The van der Waals surface area contributed by atoms with E-state index in [0.29, 0.717) is 27.1 Å². The number of hydrogen-bond acceptors (Lipinski definition) is 4.